The van der Waals surface area contributed by atoms with Crippen molar-refractivity contribution in [1.82, 2.24) is 4.90 Å². The van der Waals surface area contributed by atoms with Crippen molar-refractivity contribution in [2.24, 2.45) is 0 Å². The predicted molar refractivity (Wildman–Crippen MR) is 110 cm³/mol. The number of benzene rings is 2. The molecule has 0 radical (unpaired) electrons. The van der Waals surface area contributed by atoms with Gasteiger partial charge < -0.3 is 9.64 Å². The minimum atomic E-state index is -0.580. The molecule has 2 aromatic rings. The summed E-state index contributed by atoms with van der Waals surface area (Å²) in [5, 5.41) is 2.66. The average Bonchev–Trinajstić information content (AvgIpc) is 2.60. The van der Waals surface area contributed by atoms with E-state index in [4.69, 9.17) is 4.74 Å². The van der Waals surface area contributed by atoms with Crippen molar-refractivity contribution in [2.75, 3.05) is 18.6 Å². The molecule has 0 aliphatic rings. The molecule has 2 aromatic carbocycles. The number of ether oxygens (including phenoxy) is 1. The van der Waals surface area contributed by atoms with Gasteiger partial charge in [-0.05, 0) is 62.9 Å². The largest absolute Gasteiger partial charge is 0.444 e. The molecule has 0 saturated carbocycles. The van der Waals surface area contributed by atoms with Gasteiger partial charge in [0, 0.05) is 29.7 Å². The first-order chi connectivity index (χ1) is 12.7. The lowest BCUT2D eigenvalue weighted by molar-refractivity contribution is 0.0635. The van der Waals surface area contributed by atoms with Crippen molar-refractivity contribution < 1.29 is 14.3 Å². The van der Waals surface area contributed by atoms with Crippen LogP contribution in [0.3, 0.4) is 0 Å². The summed E-state index contributed by atoms with van der Waals surface area (Å²) in [5.41, 5.74) is 1.51. The Balaban J connectivity index is 2.03. The Labute approximate surface area is 165 Å². The number of carbonyl (C=O) groups is 2. The lowest BCUT2D eigenvalue weighted by Crippen LogP contribution is -2.28. The average molecular weight is 387 g/mol. The second-order valence-electron chi connectivity index (χ2n) is 7.22. The Morgan fingerprint density at radius 1 is 1.11 bits per heavy atom. The monoisotopic (exact) mass is 386 g/mol. The smallest absolute Gasteiger partial charge is 0.412 e. The van der Waals surface area contributed by atoms with Crippen molar-refractivity contribution in [3.8, 4) is 0 Å². The highest BCUT2D eigenvalue weighted by molar-refractivity contribution is 7.98. The number of rotatable bonds is 5. The molecule has 5 nitrogen and oxygen atoms in total. The highest BCUT2D eigenvalue weighted by Crippen LogP contribution is 2.18. The van der Waals surface area contributed by atoms with Gasteiger partial charge in [-0.1, -0.05) is 18.2 Å². The second kappa shape index (κ2) is 8.95. The molecule has 27 heavy (non-hydrogen) atoms. The molecule has 0 unspecified atom stereocenters. The predicted octanol–water partition coefficient (Wildman–Crippen LogP) is 5.03. The lowest BCUT2D eigenvalue weighted by Gasteiger charge is -2.20. The molecule has 0 spiro atoms. The van der Waals surface area contributed by atoms with Gasteiger partial charge in [0.1, 0.15) is 5.60 Å². The number of thioether (sulfide) groups is 1. The van der Waals surface area contributed by atoms with Gasteiger partial charge in [0.25, 0.3) is 5.91 Å². The minimum absolute atomic E-state index is 0.114. The van der Waals surface area contributed by atoms with Crippen molar-refractivity contribution in [1.29, 1.82) is 0 Å². The molecule has 0 saturated heterocycles. The normalized spacial score (nSPS) is 11.0. The quantitative estimate of drug-likeness (QED) is 0.733. The molecule has 144 valence electrons. The third-order valence-electron chi connectivity index (χ3n) is 3.68. The van der Waals surface area contributed by atoms with E-state index >= 15 is 0 Å². The number of nitrogens with zero attached hydrogens (tertiary/aromatic N) is 1. The van der Waals surface area contributed by atoms with E-state index in [9.17, 15) is 9.59 Å². The van der Waals surface area contributed by atoms with Gasteiger partial charge in [-0.3, -0.25) is 10.1 Å². The highest BCUT2D eigenvalue weighted by atomic mass is 32.2. The molecule has 0 heterocycles. The van der Waals surface area contributed by atoms with Gasteiger partial charge in [-0.15, -0.1) is 11.8 Å². The minimum Gasteiger partial charge on any atom is -0.444 e. The van der Waals surface area contributed by atoms with Crippen LogP contribution in [0.25, 0.3) is 0 Å². The summed E-state index contributed by atoms with van der Waals surface area (Å²) < 4.78 is 5.24. The van der Waals surface area contributed by atoms with E-state index < -0.39 is 11.7 Å². The summed E-state index contributed by atoms with van der Waals surface area (Å²) >= 11 is 1.68. The van der Waals surface area contributed by atoms with E-state index in [1.807, 2.05) is 30.5 Å². The summed E-state index contributed by atoms with van der Waals surface area (Å²) in [6, 6.07) is 15.0. The first kappa shape index (κ1) is 20.8. The highest BCUT2D eigenvalue weighted by Gasteiger charge is 2.17. The Hall–Kier alpha value is -2.47. The molecule has 0 aromatic heterocycles. The molecular formula is C21H26N2O3S. The molecule has 6 heteroatoms. The van der Waals surface area contributed by atoms with Gasteiger partial charge in [0.15, 0.2) is 0 Å². The third kappa shape index (κ3) is 6.64. The number of amides is 2. The van der Waals surface area contributed by atoms with Crippen molar-refractivity contribution in [3.05, 3.63) is 59.7 Å². The van der Waals surface area contributed by atoms with E-state index in [0.717, 1.165) is 5.56 Å². The first-order valence-corrected chi connectivity index (χ1v) is 9.89. The zero-order valence-electron chi connectivity index (χ0n) is 16.4. The van der Waals surface area contributed by atoms with Crippen molar-refractivity contribution in [2.45, 2.75) is 37.8 Å². The van der Waals surface area contributed by atoms with Crippen LogP contribution in [0.5, 0.6) is 0 Å². The van der Waals surface area contributed by atoms with Crippen LogP contribution in [0.15, 0.2) is 53.4 Å². The number of carbonyl (C=O) groups excluding carboxylic acids is 2. The van der Waals surface area contributed by atoms with E-state index in [1.54, 1.807) is 68.7 Å². The Morgan fingerprint density at radius 3 is 2.37 bits per heavy atom. The van der Waals surface area contributed by atoms with E-state index in [1.165, 1.54) is 4.90 Å². The number of nitrogens with one attached hydrogen (secondary N) is 1. The maximum Gasteiger partial charge on any atom is 0.412 e. The summed E-state index contributed by atoms with van der Waals surface area (Å²) in [6.07, 6.45) is 1.48. The van der Waals surface area contributed by atoms with Crippen LogP contribution in [0.4, 0.5) is 10.5 Å². The van der Waals surface area contributed by atoms with Gasteiger partial charge in [-0.2, -0.15) is 0 Å². The fourth-order valence-electron chi connectivity index (χ4n) is 2.45. The fraction of sp³-hybridized carbons (Fsp3) is 0.333. The summed E-state index contributed by atoms with van der Waals surface area (Å²) in [7, 11) is 1.76. The van der Waals surface area contributed by atoms with Crippen LogP contribution in [0, 0.1) is 0 Å². The Morgan fingerprint density at radius 2 is 1.78 bits per heavy atom. The topological polar surface area (TPSA) is 58.6 Å². The molecular weight excluding hydrogens is 360 g/mol. The standard InChI is InChI=1S/C21H26N2O3S/c1-21(2,3)26-20(25)22-17-8-6-7-16(13-17)19(24)23(4)14-15-9-11-18(27-5)12-10-15/h6-13H,14H2,1-5H3,(H,22,25). The lowest BCUT2D eigenvalue weighted by atomic mass is 10.1. The number of hydrogen-bond acceptors (Lipinski definition) is 4. The first-order valence-electron chi connectivity index (χ1n) is 8.66. The zero-order chi connectivity index (χ0) is 20.0. The molecule has 2 amide bonds. The summed E-state index contributed by atoms with van der Waals surface area (Å²) in [6.45, 7) is 5.91. The van der Waals surface area contributed by atoms with E-state index in [-0.39, 0.29) is 5.91 Å². The SMILES string of the molecule is CSc1ccc(CN(C)C(=O)c2cccc(NC(=O)OC(C)(C)C)c2)cc1. The molecule has 1 N–H and O–H groups in total. The number of anilines is 1. The maximum atomic E-state index is 12.7. The summed E-state index contributed by atoms with van der Waals surface area (Å²) in [5.74, 6) is -0.114. The van der Waals surface area contributed by atoms with Crippen LogP contribution in [-0.2, 0) is 11.3 Å². The molecule has 0 aliphatic carbocycles. The van der Waals surface area contributed by atoms with Gasteiger partial charge >= 0.3 is 6.09 Å². The van der Waals surface area contributed by atoms with E-state index in [0.29, 0.717) is 17.8 Å². The maximum absolute atomic E-state index is 12.7. The van der Waals surface area contributed by atoms with Crippen LogP contribution >= 0.6 is 11.8 Å². The van der Waals surface area contributed by atoms with Crippen LogP contribution in [0.1, 0.15) is 36.7 Å². The molecule has 0 fully saturated rings. The molecule has 0 aliphatic heterocycles. The number of hydrogen-bond donors (Lipinski definition) is 1. The van der Waals surface area contributed by atoms with Gasteiger partial charge in [0.2, 0.25) is 0 Å². The van der Waals surface area contributed by atoms with Crippen LogP contribution < -0.4 is 5.32 Å². The van der Waals surface area contributed by atoms with Crippen molar-refractivity contribution in [3.63, 3.8) is 0 Å². The summed E-state index contributed by atoms with van der Waals surface area (Å²) in [4.78, 5) is 27.5. The second-order valence-corrected chi connectivity index (χ2v) is 8.10. The molecule has 0 bridgehead atoms. The Kier molecular flexibility index (Phi) is 6.91. The van der Waals surface area contributed by atoms with Crippen LogP contribution in [-0.4, -0.2) is 35.8 Å². The van der Waals surface area contributed by atoms with E-state index in [2.05, 4.69) is 5.32 Å². The van der Waals surface area contributed by atoms with Crippen molar-refractivity contribution >= 4 is 29.4 Å². The third-order valence-corrected chi connectivity index (χ3v) is 4.42. The Bertz CT molecular complexity index is 798. The van der Waals surface area contributed by atoms with Crippen LogP contribution in [0.2, 0.25) is 0 Å². The fourth-order valence-corrected chi connectivity index (χ4v) is 2.86. The molecule has 2 rings (SSSR count). The van der Waals surface area contributed by atoms with Gasteiger partial charge in [-0.25, -0.2) is 4.79 Å². The molecule has 0 atom stereocenters. The zero-order valence-corrected chi connectivity index (χ0v) is 17.2. The van der Waals surface area contributed by atoms with Gasteiger partial charge in [0.05, 0.1) is 0 Å².